The highest BCUT2D eigenvalue weighted by atomic mass is 79.9. The molecule has 0 atom stereocenters. The van der Waals surface area contributed by atoms with Gasteiger partial charge in [0.05, 0.1) is 17.4 Å². The van der Waals surface area contributed by atoms with Crippen LogP contribution in [-0.4, -0.2) is 33.1 Å². The lowest BCUT2D eigenvalue weighted by atomic mass is 10.1. The third-order valence-electron chi connectivity index (χ3n) is 3.75. The predicted molar refractivity (Wildman–Crippen MR) is 99.4 cm³/mol. The molecule has 2 N–H and O–H groups in total. The number of carbonyl (C=O) groups is 2. The van der Waals surface area contributed by atoms with E-state index in [0.29, 0.717) is 17.8 Å². The van der Waals surface area contributed by atoms with Gasteiger partial charge in [-0.05, 0) is 42.3 Å². The van der Waals surface area contributed by atoms with Crippen LogP contribution >= 0.6 is 15.9 Å². The molecule has 0 saturated carbocycles. The van der Waals surface area contributed by atoms with Crippen LogP contribution in [0.4, 0.5) is 5.69 Å². The zero-order chi connectivity index (χ0) is 18.4. The van der Waals surface area contributed by atoms with Crippen molar-refractivity contribution in [2.24, 2.45) is 0 Å². The van der Waals surface area contributed by atoms with Crippen molar-refractivity contribution in [3.8, 4) is 0 Å². The Morgan fingerprint density at radius 3 is 2.72 bits per heavy atom. The van der Waals surface area contributed by atoms with Gasteiger partial charge in [-0.15, -0.1) is 0 Å². The average Bonchev–Trinajstić information content (AvgIpc) is 3.04. The summed E-state index contributed by atoms with van der Waals surface area (Å²) in [7, 11) is 0. The second-order valence-corrected chi connectivity index (χ2v) is 7.10. The number of unbranched alkanes of at least 4 members (excludes halogenated alkanes) is 1. The van der Waals surface area contributed by atoms with E-state index in [0.717, 1.165) is 17.3 Å². The van der Waals surface area contributed by atoms with Crippen LogP contribution in [0.1, 0.15) is 44.0 Å². The first kappa shape index (κ1) is 19.1. The van der Waals surface area contributed by atoms with Gasteiger partial charge in [-0.3, -0.25) is 19.3 Å². The standard InChI is InChI=1S/C17H22BrN5O2/c1-4-5-6-20-16(25)17(2,3)23-11-14(10-21-23)22-15(24)12-7-13(18)9-19-8-12/h7-11H,4-6H2,1-3H3,(H,20,25)(H,22,24). The number of rotatable bonds is 7. The van der Waals surface area contributed by atoms with Gasteiger partial charge in [0, 0.05) is 29.6 Å². The van der Waals surface area contributed by atoms with Crippen molar-refractivity contribution in [1.82, 2.24) is 20.1 Å². The molecule has 2 heterocycles. The first-order valence-electron chi connectivity index (χ1n) is 8.10. The van der Waals surface area contributed by atoms with E-state index in [-0.39, 0.29) is 11.8 Å². The van der Waals surface area contributed by atoms with Crippen LogP contribution in [0.15, 0.2) is 35.3 Å². The molecular formula is C17H22BrN5O2. The molecule has 2 amide bonds. The number of hydrogen-bond acceptors (Lipinski definition) is 4. The summed E-state index contributed by atoms with van der Waals surface area (Å²) in [6.45, 7) is 6.27. The molecule has 0 saturated heterocycles. The van der Waals surface area contributed by atoms with Gasteiger partial charge in [0.15, 0.2) is 0 Å². The maximum atomic E-state index is 12.4. The molecule has 0 fully saturated rings. The maximum Gasteiger partial charge on any atom is 0.257 e. The molecule has 2 aromatic heterocycles. The van der Waals surface area contributed by atoms with Crippen molar-refractivity contribution in [3.05, 3.63) is 40.9 Å². The Morgan fingerprint density at radius 2 is 2.04 bits per heavy atom. The maximum absolute atomic E-state index is 12.4. The van der Waals surface area contributed by atoms with Gasteiger partial charge in [-0.1, -0.05) is 13.3 Å². The highest BCUT2D eigenvalue weighted by Crippen LogP contribution is 2.18. The molecule has 2 rings (SSSR count). The minimum Gasteiger partial charge on any atom is -0.354 e. The van der Waals surface area contributed by atoms with Gasteiger partial charge in [-0.25, -0.2) is 0 Å². The lowest BCUT2D eigenvalue weighted by molar-refractivity contribution is -0.128. The fourth-order valence-electron chi connectivity index (χ4n) is 2.13. The molecule has 0 aliphatic rings. The van der Waals surface area contributed by atoms with Crippen molar-refractivity contribution < 1.29 is 9.59 Å². The molecule has 0 aliphatic heterocycles. The van der Waals surface area contributed by atoms with Gasteiger partial charge in [-0.2, -0.15) is 5.10 Å². The van der Waals surface area contributed by atoms with Crippen molar-refractivity contribution in [1.29, 1.82) is 0 Å². The number of halogens is 1. The van der Waals surface area contributed by atoms with Crippen LogP contribution in [0, 0.1) is 0 Å². The molecule has 0 bridgehead atoms. The molecular weight excluding hydrogens is 386 g/mol. The van der Waals surface area contributed by atoms with Crippen LogP contribution < -0.4 is 10.6 Å². The Hall–Kier alpha value is -2.22. The Balaban J connectivity index is 2.06. The van der Waals surface area contributed by atoms with Crippen LogP contribution in [0.5, 0.6) is 0 Å². The first-order chi connectivity index (χ1) is 11.8. The zero-order valence-electron chi connectivity index (χ0n) is 14.5. The minimum absolute atomic E-state index is 0.113. The summed E-state index contributed by atoms with van der Waals surface area (Å²) in [5.74, 6) is -0.406. The topological polar surface area (TPSA) is 88.9 Å². The molecule has 2 aromatic rings. The molecule has 0 radical (unpaired) electrons. The summed E-state index contributed by atoms with van der Waals surface area (Å²) in [5.41, 5.74) is 0.0896. The molecule has 0 unspecified atom stereocenters. The smallest absolute Gasteiger partial charge is 0.257 e. The Kier molecular flexibility index (Phi) is 6.30. The van der Waals surface area contributed by atoms with E-state index in [2.05, 4.69) is 43.6 Å². The first-order valence-corrected chi connectivity index (χ1v) is 8.89. The number of pyridine rings is 1. The van der Waals surface area contributed by atoms with E-state index < -0.39 is 5.54 Å². The van der Waals surface area contributed by atoms with E-state index >= 15 is 0 Å². The molecule has 0 aromatic carbocycles. The number of nitrogens with zero attached hydrogens (tertiary/aromatic N) is 3. The van der Waals surface area contributed by atoms with Gasteiger partial charge in [0.2, 0.25) is 5.91 Å². The van der Waals surface area contributed by atoms with E-state index in [1.165, 1.54) is 12.4 Å². The Morgan fingerprint density at radius 1 is 1.28 bits per heavy atom. The third kappa shape index (κ3) is 4.88. The van der Waals surface area contributed by atoms with Crippen molar-refractivity contribution in [3.63, 3.8) is 0 Å². The summed E-state index contributed by atoms with van der Waals surface area (Å²) in [6.07, 6.45) is 8.20. The van der Waals surface area contributed by atoms with E-state index in [1.807, 2.05) is 0 Å². The second kappa shape index (κ2) is 8.24. The third-order valence-corrected chi connectivity index (χ3v) is 4.19. The second-order valence-electron chi connectivity index (χ2n) is 6.19. The van der Waals surface area contributed by atoms with Crippen LogP contribution in [-0.2, 0) is 10.3 Å². The minimum atomic E-state index is -0.853. The van der Waals surface area contributed by atoms with Crippen molar-refractivity contribution in [2.75, 3.05) is 11.9 Å². The molecule has 7 nitrogen and oxygen atoms in total. The Bertz CT molecular complexity index is 757. The van der Waals surface area contributed by atoms with Gasteiger partial charge < -0.3 is 10.6 Å². The normalized spacial score (nSPS) is 11.2. The fourth-order valence-corrected chi connectivity index (χ4v) is 2.50. The number of amides is 2. The van der Waals surface area contributed by atoms with Crippen LogP contribution in [0.2, 0.25) is 0 Å². The summed E-state index contributed by atoms with van der Waals surface area (Å²) < 4.78 is 2.27. The number of aromatic nitrogens is 3. The van der Waals surface area contributed by atoms with Gasteiger partial charge >= 0.3 is 0 Å². The van der Waals surface area contributed by atoms with E-state index in [1.54, 1.807) is 37.0 Å². The monoisotopic (exact) mass is 407 g/mol. The quantitative estimate of drug-likeness (QED) is 0.690. The van der Waals surface area contributed by atoms with Crippen LogP contribution in [0.25, 0.3) is 0 Å². The van der Waals surface area contributed by atoms with E-state index in [9.17, 15) is 9.59 Å². The number of hydrogen-bond donors (Lipinski definition) is 2. The zero-order valence-corrected chi connectivity index (χ0v) is 16.1. The Labute approximate surface area is 155 Å². The van der Waals surface area contributed by atoms with Gasteiger partial charge in [0.25, 0.3) is 5.91 Å². The predicted octanol–water partition coefficient (Wildman–Crippen LogP) is 2.94. The average molecular weight is 408 g/mol. The largest absolute Gasteiger partial charge is 0.354 e. The fraction of sp³-hybridized carbons (Fsp3) is 0.412. The molecule has 8 heteroatoms. The van der Waals surface area contributed by atoms with Crippen LogP contribution in [0.3, 0.4) is 0 Å². The number of anilines is 1. The van der Waals surface area contributed by atoms with Crippen molar-refractivity contribution in [2.45, 2.75) is 39.2 Å². The lowest BCUT2D eigenvalue weighted by Gasteiger charge is -2.24. The number of carbonyl (C=O) groups excluding carboxylic acids is 2. The van der Waals surface area contributed by atoms with Gasteiger partial charge in [0.1, 0.15) is 5.54 Å². The summed E-state index contributed by atoms with van der Waals surface area (Å²) >= 11 is 3.28. The summed E-state index contributed by atoms with van der Waals surface area (Å²) in [5, 5.41) is 9.88. The molecule has 0 aliphatic carbocycles. The number of nitrogens with one attached hydrogen (secondary N) is 2. The SMILES string of the molecule is CCCCNC(=O)C(C)(C)n1cc(NC(=O)c2cncc(Br)c2)cn1. The molecule has 25 heavy (non-hydrogen) atoms. The summed E-state index contributed by atoms with van der Waals surface area (Å²) in [6, 6.07) is 1.68. The highest BCUT2D eigenvalue weighted by molar-refractivity contribution is 9.10. The lowest BCUT2D eigenvalue weighted by Crippen LogP contribution is -2.45. The summed E-state index contributed by atoms with van der Waals surface area (Å²) in [4.78, 5) is 28.6. The van der Waals surface area contributed by atoms with E-state index in [4.69, 9.17) is 0 Å². The van der Waals surface area contributed by atoms with Crippen molar-refractivity contribution >= 4 is 33.4 Å². The highest BCUT2D eigenvalue weighted by Gasteiger charge is 2.30. The molecule has 134 valence electrons. The molecule has 0 spiro atoms.